The van der Waals surface area contributed by atoms with Crippen molar-refractivity contribution in [1.82, 2.24) is 0 Å². The van der Waals surface area contributed by atoms with Crippen molar-refractivity contribution in [3.8, 4) is 5.75 Å². The fourth-order valence-electron chi connectivity index (χ4n) is 2.17. The predicted octanol–water partition coefficient (Wildman–Crippen LogP) is 3.46. The van der Waals surface area contributed by atoms with Gasteiger partial charge in [-0.3, -0.25) is 0 Å². The first-order valence-corrected chi connectivity index (χ1v) is 6.46. The van der Waals surface area contributed by atoms with Gasteiger partial charge in [-0.05, 0) is 37.4 Å². The van der Waals surface area contributed by atoms with E-state index in [2.05, 4.69) is 0 Å². The Morgan fingerprint density at radius 3 is 2.61 bits per heavy atom. The zero-order valence-electron chi connectivity index (χ0n) is 10.5. The second-order valence-corrected chi connectivity index (χ2v) is 5.40. The van der Waals surface area contributed by atoms with Crippen LogP contribution in [-0.4, -0.2) is 12.2 Å². The Kier molecular flexibility index (Phi) is 3.41. The highest BCUT2D eigenvalue weighted by Gasteiger charge is 2.33. The van der Waals surface area contributed by atoms with Crippen molar-refractivity contribution < 1.29 is 14.2 Å². The SMILES string of the molecule is COc1cccc(F)c1C(C)(O)c1ccsc1C. The third kappa shape index (κ3) is 2.02. The molecule has 1 aromatic carbocycles. The number of methoxy groups -OCH3 is 1. The molecule has 2 rings (SSSR count). The van der Waals surface area contributed by atoms with E-state index in [1.165, 1.54) is 24.5 Å². The molecular weight excluding hydrogens is 251 g/mol. The van der Waals surface area contributed by atoms with Gasteiger partial charge in [-0.25, -0.2) is 4.39 Å². The van der Waals surface area contributed by atoms with Crippen LogP contribution in [0, 0.1) is 12.7 Å². The first-order valence-electron chi connectivity index (χ1n) is 5.58. The van der Waals surface area contributed by atoms with Crippen molar-refractivity contribution in [1.29, 1.82) is 0 Å². The minimum absolute atomic E-state index is 0.175. The first-order chi connectivity index (χ1) is 8.48. The standard InChI is InChI=1S/C14H15FO2S/c1-9-10(7-8-18-9)14(2,16)13-11(15)5-4-6-12(13)17-3/h4-8,16H,1-3H3. The quantitative estimate of drug-likeness (QED) is 0.922. The fraction of sp³-hybridized carbons (Fsp3) is 0.286. The third-order valence-electron chi connectivity index (χ3n) is 3.07. The summed E-state index contributed by atoms with van der Waals surface area (Å²) >= 11 is 1.52. The zero-order valence-corrected chi connectivity index (χ0v) is 11.3. The van der Waals surface area contributed by atoms with Gasteiger partial charge in [0.05, 0.1) is 12.7 Å². The van der Waals surface area contributed by atoms with E-state index >= 15 is 0 Å². The number of aliphatic hydroxyl groups is 1. The molecule has 0 fully saturated rings. The Balaban J connectivity index is 2.64. The molecule has 0 aliphatic heterocycles. The number of halogens is 1. The molecule has 2 nitrogen and oxygen atoms in total. The van der Waals surface area contributed by atoms with Crippen molar-refractivity contribution in [2.45, 2.75) is 19.4 Å². The molecule has 1 N–H and O–H groups in total. The summed E-state index contributed by atoms with van der Waals surface area (Å²) < 4.78 is 19.2. The molecule has 96 valence electrons. The zero-order chi connectivity index (χ0) is 13.3. The molecule has 1 heterocycles. The molecule has 0 bridgehead atoms. The molecular formula is C14H15FO2S. The third-order valence-corrected chi connectivity index (χ3v) is 3.91. The van der Waals surface area contributed by atoms with Crippen molar-refractivity contribution >= 4 is 11.3 Å². The number of rotatable bonds is 3. The lowest BCUT2D eigenvalue weighted by Crippen LogP contribution is -2.25. The number of hydrogen-bond donors (Lipinski definition) is 1. The van der Waals surface area contributed by atoms with Crippen LogP contribution in [0.4, 0.5) is 4.39 Å². The maximum absolute atomic E-state index is 14.0. The molecule has 1 aromatic heterocycles. The topological polar surface area (TPSA) is 29.5 Å². The average Bonchev–Trinajstić information content (AvgIpc) is 2.75. The fourth-order valence-corrected chi connectivity index (χ4v) is 2.97. The van der Waals surface area contributed by atoms with Gasteiger partial charge in [-0.2, -0.15) is 0 Å². The van der Waals surface area contributed by atoms with Crippen LogP contribution in [0.2, 0.25) is 0 Å². The van der Waals surface area contributed by atoms with Gasteiger partial charge in [0, 0.05) is 10.4 Å². The first kappa shape index (κ1) is 13.1. The van der Waals surface area contributed by atoms with Crippen molar-refractivity contribution in [2.24, 2.45) is 0 Å². The van der Waals surface area contributed by atoms with Gasteiger partial charge in [0.2, 0.25) is 0 Å². The lowest BCUT2D eigenvalue weighted by molar-refractivity contribution is 0.0944. The van der Waals surface area contributed by atoms with E-state index in [9.17, 15) is 9.50 Å². The van der Waals surface area contributed by atoms with E-state index in [-0.39, 0.29) is 5.56 Å². The van der Waals surface area contributed by atoms with Crippen LogP contribution >= 0.6 is 11.3 Å². The minimum Gasteiger partial charge on any atom is -0.496 e. The molecule has 0 spiro atoms. The number of aryl methyl sites for hydroxylation is 1. The molecule has 0 aliphatic carbocycles. The molecule has 0 amide bonds. The van der Waals surface area contributed by atoms with Crippen molar-refractivity contribution in [3.63, 3.8) is 0 Å². The second-order valence-electron chi connectivity index (χ2n) is 4.28. The second kappa shape index (κ2) is 4.71. The Bertz CT molecular complexity index is 561. The average molecular weight is 266 g/mol. The summed E-state index contributed by atoms with van der Waals surface area (Å²) in [5.41, 5.74) is -0.522. The summed E-state index contributed by atoms with van der Waals surface area (Å²) in [6.07, 6.45) is 0. The van der Waals surface area contributed by atoms with Gasteiger partial charge in [-0.15, -0.1) is 11.3 Å². The van der Waals surface area contributed by atoms with Crippen LogP contribution in [0.25, 0.3) is 0 Å². The number of ether oxygens (including phenoxy) is 1. The molecule has 0 aliphatic rings. The molecule has 4 heteroatoms. The van der Waals surface area contributed by atoms with Crippen LogP contribution in [-0.2, 0) is 5.60 Å². The predicted molar refractivity (Wildman–Crippen MR) is 70.7 cm³/mol. The Hall–Kier alpha value is -1.39. The maximum Gasteiger partial charge on any atom is 0.133 e. The van der Waals surface area contributed by atoms with Gasteiger partial charge < -0.3 is 9.84 Å². The number of benzene rings is 1. The highest BCUT2D eigenvalue weighted by Crippen LogP contribution is 2.39. The van der Waals surface area contributed by atoms with E-state index < -0.39 is 11.4 Å². The molecule has 18 heavy (non-hydrogen) atoms. The summed E-state index contributed by atoms with van der Waals surface area (Å²) in [5.74, 6) is -0.115. The van der Waals surface area contributed by atoms with E-state index in [4.69, 9.17) is 4.74 Å². The van der Waals surface area contributed by atoms with Crippen LogP contribution in [0.15, 0.2) is 29.6 Å². The Morgan fingerprint density at radius 2 is 2.06 bits per heavy atom. The van der Waals surface area contributed by atoms with E-state index in [1.54, 1.807) is 19.1 Å². The summed E-state index contributed by atoms with van der Waals surface area (Å²) in [4.78, 5) is 0.963. The van der Waals surface area contributed by atoms with Gasteiger partial charge in [-0.1, -0.05) is 6.07 Å². The molecule has 0 saturated carbocycles. The highest BCUT2D eigenvalue weighted by molar-refractivity contribution is 7.10. The lowest BCUT2D eigenvalue weighted by Gasteiger charge is -2.26. The van der Waals surface area contributed by atoms with E-state index in [1.807, 2.05) is 18.4 Å². The minimum atomic E-state index is -1.40. The van der Waals surface area contributed by atoms with Crippen LogP contribution < -0.4 is 4.74 Å². The monoisotopic (exact) mass is 266 g/mol. The van der Waals surface area contributed by atoms with Gasteiger partial charge >= 0.3 is 0 Å². The van der Waals surface area contributed by atoms with Gasteiger partial charge in [0.15, 0.2) is 0 Å². The number of hydrogen-bond acceptors (Lipinski definition) is 3. The van der Waals surface area contributed by atoms with Gasteiger partial charge in [0.1, 0.15) is 17.2 Å². The molecule has 1 atom stereocenters. The van der Waals surface area contributed by atoms with Crippen molar-refractivity contribution in [3.05, 3.63) is 51.5 Å². The maximum atomic E-state index is 14.0. The molecule has 0 saturated heterocycles. The Morgan fingerprint density at radius 1 is 1.33 bits per heavy atom. The van der Waals surface area contributed by atoms with Crippen LogP contribution in [0.5, 0.6) is 5.75 Å². The number of thiophene rings is 1. The summed E-state index contributed by atoms with van der Waals surface area (Å²) in [6, 6.07) is 6.35. The lowest BCUT2D eigenvalue weighted by atomic mass is 9.87. The smallest absolute Gasteiger partial charge is 0.133 e. The van der Waals surface area contributed by atoms with Crippen molar-refractivity contribution in [2.75, 3.05) is 7.11 Å². The van der Waals surface area contributed by atoms with Gasteiger partial charge in [0.25, 0.3) is 0 Å². The summed E-state index contributed by atoms with van der Waals surface area (Å²) in [5, 5.41) is 12.6. The van der Waals surface area contributed by atoms with E-state index in [0.29, 0.717) is 11.3 Å². The molecule has 0 radical (unpaired) electrons. The largest absolute Gasteiger partial charge is 0.496 e. The summed E-state index contributed by atoms with van der Waals surface area (Å²) in [6.45, 7) is 3.49. The van der Waals surface area contributed by atoms with Crippen LogP contribution in [0.3, 0.4) is 0 Å². The highest BCUT2D eigenvalue weighted by atomic mass is 32.1. The molecule has 2 aromatic rings. The van der Waals surface area contributed by atoms with Crippen LogP contribution in [0.1, 0.15) is 22.9 Å². The van der Waals surface area contributed by atoms with E-state index in [0.717, 1.165) is 4.88 Å². The summed E-state index contributed by atoms with van der Waals surface area (Å²) in [7, 11) is 1.47. The molecule has 1 unspecified atom stereocenters. The Labute approximate surface area is 110 Å². The normalized spacial score (nSPS) is 14.3.